The van der Waals surface area contributed by atoms with Crippen molar-refractivity contribution in [3.05, 3.63) is 24.3 Å². The van der Waals surface area contributed by atoms with Crippen LogP contribution >= 0.6 is 11.8 Å². The van der Waals surface area contributed by atoms with E-state index in [0.717, 1.165) is 64.5 Å². The fourth-order valence-electron chi connectivity index (χ4n) is 4.57. The van der Waals surface area contributed by atoms with Crippen molar-refractivity contribution in [1.82, 2.24) is 14.7 Å². The van der Waals surface area contributed by atoms with Gasteiger partial charge in [0.05, 0.1) is 0 Å². The number of piperazine rings is 1. The Kier molecular flexibility index (Phi) is 7.21. The first kappa shape index (κ1) is 20.8. The van der Waals surface area contributed by atoms with Crippen LogP contribution in [-0.2, 0) is 0 Å². The number of likely N-dealkylation sites (N-methyl/N-ethyl adjacent to an activating group) is 1. The first-order chi connectivity index (χ1) is 14.2. The van der Waals surface area contributed by atoms with Crippen LogP contribution in [0, 0.1) is 0 Å². The highest BCUT2D eigenvalue weighted by molar-refractivity contribution is 7.99. The van der Waals surface area contributed by atoms with Crippen LogP contribution in [0.3, 0.4) is 0 Å². The summed E-state index contributed by atoms with van der Waals surface area (Å²) >= 11 is 2.02. The van der Waals surface area contributed by atoms with Gasteiger partial charge in [0.1, 0.15) is 0 Å². The van der Waals surface area contributed by atoms with Crippen LogP contribution in [0.25, 0.3) is 0 Å². The maximum atomic E-state index is 13.0. The number of hydrogen-bond donors (Lipinski definition) is 1. The van der Waals surface area contributed by atoms with Crippen molar-refractivity contribution in [3.63, 3.8) is 0 Å². The van der Waals surface area contributed by atoms with E-state index in [4.69, 9.17) is 0 Å². The fraction of sp³-hybridized carbons (Fsp3) is 0.682. The lowest BCUT2D eigenvalue weighted by Gasteiger charge is -2.39. The van der Waals surface area contributed by atoms with Gasteiger partial charge in [-0.25, -0.2) is 4.79 Å². The first-order valence-corrected chi connectivity index (χ1v) is 12.3. The SMILES string of the molecule is CN1CCN([C@H]2CCCCN(C(=O)Nc3ccc(N4CCSCC4)cc3)C2)CC1. The van der Waals surface area contributed by atoms with E-state index in [9.17, 15) is 4.79 Å². The molecular weight excluding hydrogens is 382 g/mol. The van der Waals surface area contributed by atoms with Gasteiger partial charge < -0.3 is 20.0 Å². The molecule has 0 saturated carbocycles. The number of carbonyl (C=O) groups is 1. The normalized spacial score (nSPS) is 24.9. The van der Waals surface area contributed by atoms with Gasteiger partial charge >= 0.3 is 6.03 Å². The number of thioether (sulfide) groups is 1. The van der Waals surface area contributed by atoms with E-state index in [1.54, 1.807) is 0 Å². The van der Waals surface area contributed by atoms with Crippen LogP contribution in [0.2, 0.25) is 0 Å². The molecular formula is C22H35N5OS. The lowest BCUT2D eigenvalue weighted by molar-refractivity contribution is 0.0948. The van der Waals surface area contributed by atoms with Gasteiger partial charge in [-0.2, -0.15) is 11.8 Å². The van der Waals surface area contributed by atoms with Crippen molar-refractivity contribution < 1.29 is 4.79 Å². The number of rotatable bonds is 3. The number of nitrogens with zero attached hydrogens (tertiary/aromatic N) is 4. The summed E-state index contributed by atoms with van der Waals surface area (Å²) in [7, 11) is 2.19. The van der Waals surface area contributed by atoms with Crippen molar-refractivity contribution in [2.45, 2.75) is 25.3 Å². The molecule has 0 aromatic heterocycles. The highest BCUT2D eigenvalue weighted by atomic mass is 32.2. The number of amides is 2. The Morgan fingerprint density at radius 2 is 1.69 bits per heavy atom. The number of likely N-dealkylation sites (tertiary alicyclic amines) is 1. The third kappa shape index (κ3) is 5.58. The molecule has 7 heteroatoms. The Hall–Kier alpha value is -1.44. The molecule has 29 heavy (non-hydrogen) atoms. The van der Waals surface area contributed by atoms with Crippen molar-refractivity contribution >= 4 is 29.2 Å². The molecule has 0 radical (unpaired) electrons. The monoisotopic (exact) mass is 417 g/mol. The molecule has 3 fully saturated rings. The molecule has 160 valence electrons. The van der Waals surface area contributed by atoms with Crippen molar-refractivity contribution in [2.75, 3.05) is 81.1 Å². The largest absolute Gasteiger partial charge is 0.370 e. The van der Waals surface area contributed by atoms with Crippen LogP contribution in [0.5, 0.6) is 0 Å². The maximum Gasteiger partial charge on any atom is 0.321 e. The Morgan fingerprint density at radius 3 is 2.41 bits per heavy atom. The summed E-state index contributed by atoms with van der Waals surface area (Å²) in [6.07, 6.45) is 3.52. The summed E-state index contributed by atoms with van der Waals surface area (Å²) in [5, 5.41) is 3.14. The third-order valence-electron chi connectivity index (χ3n) is 6.48. The molecule has 0 aliphatic carbocycles. The highest BCUT2D eigenvalue weighted by Crippen LogP contribution is 2.22. The van der Waals surface area contributed by atoms with E-state index in [1.807, 2.05) is 28.8 Å². The van der Waals surface area contributed by atoms with Gasteiger partial charge in [0.15, 0.2) is 0 Å². The molecule has 3 heterocycles. The molecule has 3 aliphatic rings. The second kappa shape index (κ2) is 10.0. The van der Waals surface area contributed by atoms with E-state index in [-0.39, 0.29) is 6.03 Å². The number of anilines is 2. The van der Waals surface area contributed by atoms with E-state index in [2.05, 4.69) is 39.2 Å². The minimum Gasteiger partial charge on any atom is -0.370 e. The summed E-state index contributed by atoms with van der Waals surface area (Å²) in [6.45, 7) is 8.42. The van der Waals surface area contributed by atoms with E-state index >= 15 is 0 Å². The van der Waals surface area contributed by atoms with E-state index < -0.39 is 0 Å². The molecule has 0 unspecified atom stereocenters. The summed E-state index contributed by atoms with van der Waals surface area (Å²) in [4.78, 5) is 22.4. The van der Waals surface area contributed by atoms with Gasteiger partial charge in [-0.3, -0.25) is 4.90 Å². The van der Waals surface area contributed by atoms with Gasteiger partial charge in [-0.1, -0.05) is 6.42 Å². The van der Waals surface area contributed by atoms with Gasteiger partial charge in [0.2, 0.25) is 0 Å². The standard InChI is InChI=1S/C22H35N5OS/c1-24-10-12-25(13-11-24)21-4-2-3-9-27(18-21)22(28)23-19-5-7-20(8-6-19)26-14-16-29-17-15-26/h5-8,21H,2-4,9-18H2,1H3,(H,23,28)/t21-/m0/s1. The van der Waals surface area contributed by atoms with Crippen molar-refractivity contribution in [2.24, 2.45) is 0 Å². The summed E-state index contributed by atoms with van der Waals surface area (Å²) in [6, 6.07) is 8.92. The molecule has 2 amide bonds. The zero-order valence-corrected chi connectivity index (χ0v) is 18.5. The zero-order chi connectivity index (χ0) is 20.1. The van der Waals surface area contributed by atoms with Crippen LogP contribution in [0.15, 0.2) is 24.3 Å². The highest BCUT2D eigenvalue weighted by Gasteiger charge is 2.28. The molecule has 1 N–H and O–H groups in total. The molecule has 3 saturated heterocycles. The molecule has 0 bridgehead atoms. The molecule has 6 nitrogen and oxygen atoms in total. The van der Waals surface area contributed by atoms with E-state index in [1.165, 1.54) is 30.0 Å². The lowest BCUT2D eigenvalue weighted by Crippen LogP contribution is -2.52. The van der Waals surface area contributed by atoms with E-state index in [0.29, 0.717) is 6.04 Å². The van der Waals surface area contributed by atoms with Crippen molar-refractivity contribution in [1.29, 1.82) is 0 Å². The topological polar surface area (TPSA) is 42.1 Å². The number of benzene rings is 1. The second-order valence-electron chi connectivity index (χ2n) is 8.51. The Morgan fingerprint density at radius 1 is 0.966 bits per heavy atom. The fourth-order valence-corrected chi connectivity index (χ4v) is 5.47. The summed E-state index contributed by atoms with van der Waals surface area (Å²) < 4.78 is 0. The third-order valence-corrected chi connectivity index (χ3v) is 7.43. The predicted molar refractivity (Wildman–Crippen MR) is 123 cm³/mol. The van der Waals surface area contributed by atoms with Gasteiger partial charge in [-0.15, -0.1) is 0 Å². The molecule has 4 rings (SSSR count). The van der Waals surface area contributed by atoms with Gasteiger partial charge in [0, 0.05) is 81.3 Å². The minimum absolute atomic E-state index is 0.0492. The molecule has 3 aliphatic heterocycles. The number of hydrogen-bond acceptors (Lipinski definition) is 5. The lowest BCUT2D eigenvalue weighted by atomic mass is 10.1. The Balaban J connectivity index is 1.33. The van der Waals surface area contributed by atoms with Crippen LogP contribution in [-0.4, -0.2) is 97.7 Å². The first-order valence-electron chi connectivity index (χ1n) is 11.1. The van der Waals surface area contributed by atoms with Crippen LogP contribution in [0.4, 0.5) is 16.2 Å². The average Bonchev–Trinajstić information content (AvgIpc) is 3.02. The average molecular weight is 418 g/mol. The van der Waals surface area contributed by atoms with Crippen molar-refractivity contribution in [3.8, 4) is 0 Å². The maximum absolute atomic E-state index is 13.0. The summed E-state index contributed by atoms with van der Waals surface area (Å²) in [5.74, 6) is 2.39. The molecule has 0 spiro atoms. The number of nitrogens with one attached hydrogen (secondary N) is 1. The summed E-state index contributed by atoms with van der Waals surface area (Å²) in [5.41, 5.74) is 2.15. The quantitative estimate of drug-likeness (QED) is 0.819. The molecule has 1 aromatic carbocycles. The van der Waals surface area contributed by atoms with Crippen LogP contribution < -0.4 is 10.2 Å². The zero-order valence-electron chi connectivity index (χ0n) is 17.7. The Bertz CT molecular complexity index is 656. The number of urea groups is 1. The smallest absolute Gasteiger partial charge is 0.321 e. The minimum atomic E-state index is 0.0492. The molecule has 1 atom stereocenters. The number of carbonyl (C=O) groups excluding carboxylic acids is 1. The predicted octanol–water partition coefficient (Wildman–Crippen LogP) is 2.87. The van der Waals surface area contributed by atoms with Gasteiger partial charge in [0.25, 0.3) is 0 Å². The Labute approximate surface area is 179 Å². The van der Waals surface area contributed by atoms with Gasteiger partial charge in [-0.05, 0) is 44.2 Å². The van der Waals surface area contributed by atoms with Crippen LogP contribution in [0.1, 0.15) is 19.3 Å². The second-order valence-corrected chi connectivity index (χ2v) is 9.74. The molecule has 1 aromatic rings.